The van der Waals surface area contributed by atoms with Crippen molar-refractivity contribution in [1.82, 2.24) is 19.5 Å². The van der Waals surface area contributed by atoms with Gasteiger partial charge in [-0.05, 0) is 73.2 Å². The van der Waals surface area contributed by atoms with Crippen LogP contribution in [0.1, 0.15) is 21.6 Å². The molecule has 2 N–H and O–H groups in total. The Hall–Kier alpha value is -4.97. The molecule has 0 saturated carbocycles. The van der Waals surface area contributed by atoms with Crippen LogP contribution in [0.3, 0.4) is 0 Å². The highest BCUT2D eigenvalue weighted by atomic mass is 32.2. The molecule has 0 aliphatic heterocycles. The van der Waals surface area contributed by atoms with Crippen LogP contribution in [0.15, 0.2) is 94.9 Å². The van der Waals surface area contributed by atoms with Gasteiger partial charge in [0.2, 0.25) is 5.95 Å². The average molecular weight is 545 g/mol. The second kappa shape index (κ2) is 10.4. The number of rotatable bonds is 7. The molecular formula is C27H21FN6O4S. The number of aromatic nitrogens is 4. The van der Waals surface area contributed by atoms with Gasteiger partial charge in [0.05, 0.1) is 11.4 Å². The number of hydrogen-bond donors (Lipinski definition) is 2. The molecule has 0 saturated heterocycles. The molecule has 39 heavy (non-hydrogen) atoms. The fourth-order valence-electron chi connectivity index (χ4n) is 3.88. The predicted octanol–water partition coefficient (Wildman–Crippen LogP) is 3.74. The van der Waals surface area contributed by atoms with Gasteiger partial charge >= 0.3 is 0 Å². The van der Waals surface area contributed by atoms with Crippen LogP contribution in [0, 0.1) is 12.7 Å². The highest BCUT2D eigenvalue weighted by Crippen LogP contribution is 2.18. The van der Waals surface area contributed by atoms with Crippen LogP contribution in [-0.4, -0.2) is 33.8 Å². The van der Waals surface area contributed by atoms with Gasteiger partial charge in [0.25, 0.3) is 21.5 Å². The summed E-state index contributed by atoms with van der Waals surface area (Å²) in [4.78, 5) is 38.7. The van der Waals surface area contributed by atoms with Gasteiger partial charge in [-0.2, -0.15) is 0 Å². The molecule has 0 aliphatic carbocycles. The molecule has 0 aliphatic rings. The minimum atomic E-state index is -3.97. The molecule has 0 spiro atoms. The standard InChI is InChI=1S/C27H21FN6O4S/c1-17-12-14-30-27(31-17)33-39(37,38)22-10-8-21(9-11-22)32-25(35)23-15-19-3-2-13-29-24(19)34(26(23)36)16-18-4-6-20(28)7-5-18/h2-15H,16H2,1H3,(H,32,35)(H,30,31,33). The first-order chi connectivity index (χ1) is 18.7. The highest BCUT2D eigenvalue weighted by Gasteiger charge is 2.19. The van der Waals surface area contributed by atoms with Crippen LogP contribution in [0.2, 0.25) is 0 Å². The normalized spacial score (nSPS) is 11.3. The van der Waals surface area contributed by atoms with Crippen LogP contribution in [0.4, 0.5) is 16.0 Å². The lowest BCUT2D eigenvalue weighted by Crippen LogP contribution is -2.30. The van der Waals surface area contributed by atoms with Crippen molar-refractivity contribution in [2.24, 2.45) is 0 Å². The van der Waals surface area contributed by atoms with Gasteiger partial charge in [-0.3, -0.25) is 14.2 Å². The van der Waals surface area contributed by atoms with Gasteiger partial charge in [-0.15, -0.1) is 0 Å². The zero-order valence-corrected chi connectivity index (χ0v) is 21.3. The lowest BCUT2D eigenvalue weighted by atomic mass is 10.1. The Morgan fingerprint density at radius 1 is 0.974 bits per heavy atom. The molecule has 12 heteroatoms. The van der Waals surface area contributed by atoms with Crippen molar-refractivity contribution in [2.75, 3.05) is 10.0 Å². The number of amides is 1. The number of carbonyl (C=O) groups is 1. The highest BCUT2D eigenvalue weighted by molar-refractivity contribution is 7.92. The summed E-state index contributed by atoms with van der Waals surface area (Å²) in [5, 5.41) is 3.20. The SMILES string of the molecule is Cc1ccnc(NS(=O)(=O)c2ccc(NC(=O)c3cc4cccnc4n(Cc4ccc(F)cc4)c3=O)cc2)n1. The van der Waals surface area contributed by atoms with Crippen LogP contribution >= 0.6 is 0 Å². The van der Waals surface area contributed by atoms with Gasteiger partial charge in [0.1, 0.15) is 17.0 Å². The number of aryl methyl sites for hydroxylation is 1. The van der Waals surface area contributed by atoms with E-state index in [2.05, 4.69) is 25.0 Å². The fourth-order valence-corrected chi connectivity index (χ4v) is 4.83. The second-order valence-corrected chi connectivity index (χ2v) is 10.3. The van der Waals surface area contributed by atoms with Crippen molar-refractivity contribution in [1.29, 1.82) is 0 Å². The third-order valence-corrected chi connectivity index (χ3v) is 7.13. The molecule has 0 fully saturated rings. The minimum Gasteiger partial charge on any atom is -0.322 e. The first-order valence-corrected chi connectivity index (χ1v) is 13.1. The van der Waals surface area contributed by atoms with Gasteiger partial charge in [-0.25, -0.2) is 32.5 Å². The van der Waals surface area contributed by atoms with Gasteiger partial charge in [-0.1, -0.05) is 12.1 Å². The molecule has 1 amide bonds. The topological polar surface area (TPSA) is 136 Å². The Kier molecular flexibility index (Phi) is 6.86. The van der Waals surface area contributed by atoms with E-state index in [1.54, 1.807) is 37.3 Å². The van der Waals surface area contributed by atoms with Gasteiger partial charge < -0.3 is 5.32 Å². The van der Waals surface area contributed by atoms with E-state index >= 15 is 0 Å². The van der Waals surface area contributed by atoms with E-state index in [4.69, 9.17) is 0 Å². The van der Waals surface area contributed by atoms with Crippen LogP contribution in [0.5, 0.6) is 0 Å². The summed E-state index contributed by atoms with van der Waals surface area (Å²) in [6.07, 6.45) is 2.98. The third-order valence-electron chi connectivity index (χ3n) is 5.79. The number of carbonyl (C=O) groups excluding carboxylic acids is 1. The number of nitrogens with zero attached hydrogens (tertiary/aromatic N) is 4. The summed E-state index contributed by atoms with van der Waals surface area (Å²) in [6, 6.07) is 17.6. The minimum absolute atomic E-state index is 0.0601. The average Bonchev–Trinajstić information content (AvgIpc) is 2.91. The molecule has 2 aromatic carbocycles. The number of hydrogen-bond acceptors (Lipinski definition) is 7. The van der Waals surface area contributed by atoms with Crippen molar-refractivity contribution < 1.29 is 17.6 Å². The summed E-state index contributed by atoms with van der Waals surface area (Å²) in [5.41, 5.74) is 1.20. The lowest BCUT2D eigenvalue weighted by molar-refractivity contribution is 0.102. The summed E-state index contributed by atoms with van der Waals surface area (Å²) < 4.78 is 42.4. The maximum atomic E-state index is 13.4. The molecule has 5 rings (SSSR count). The molecule has 0 atom stereocenters. The molecule has 3 heterocycles. The van der Waals surface area contributed by atoms with Gasteiger partial charge in [0, 0.05) is 29.2 Å². The molecule has 196 valence electrons. The number of nitrogens with one attached hydrogen (secondary N) is 2. The first kappa shape index (κ1) is 25.7. The monoisotopic (exact) mass is 544 g/mol. The Balaban J connectivity index is 1.40. The molecular weight excluding hydrogens is 523 g/mol. The molecule has 0 radical (unpaired) electrons. The Labute approximate surface area is 222 Å². The van der Waals surface area contributed by atoms with Crippen LogP contribution in [0.25, 0.3) is 11.0 Å². The van der Waals surface area contributed by atoms with Crippen molar-refractivity contribution >= 4 is 38.6 Å². The number of fused-ring (bicyclic) bond motifs is 1. The van der Waals surface area contributed by atoms with Crippen molar-refractivity contribution in [3.05, 3.63) is 118 Å². The molecule has 5 aromatic rings. The number of anilines is 2. The van der Waals surface area contributed by atoms with Crippen LogP contribution in [-0.2, 0) is 16.6 Å². The van der Waals surface area contributed by atoms with E-state index in [0.29, 0.717) is 22.3 Å². The predicted molar refractivity (Wildman–Crippen MR) is 143 cm³/mol. The first-order valence-electron chi connectivity index (χ1n) is 11.7. The van der Waals surface area contributed by atoms with Crippen molar-refractivity contribution in [2.45, 2.75) is 18.4 Å². The molecule has 3 aromatic heterocycles. The number of halogens is 1. The zero-order chi connectivity index (χ0) is 27.6. The maximum absolute atomic E-state index is 13.4. The number of pyridine rings is 2. The molecule has 0 unspecified atom stereocenters. The van der Waals surface area contributed by atoms with Crippen molar-refractivity contribution in [3.63, 3.8) is 0 Å². The molecule has 0 bridgehead atoms. The Morgan fingerprint density at radius 2 is 1.72 bits per heavy atom. The summed E-state index contributed by atoms with van der Waals surface area (Å²) in [5.74, 6) is -1.14. The maximum Gasteiger partial charge on any atom is 0.265 e. The van der Waals surface area contributed by atoms with E-state index < -0.39 is 27.3 Å². The fraction of sp³-hybridized carbons (Fsp3) is 0.0741. The Bertz CT molecular complexity index is 1860. The van der Waals surface area contributed by atoms with E-state index in [-0.39, 0.29) is 28.6 Å². The zero-order valence-electron chi connectivity index (χ0n) is 20.5. The smallest absolute Gasteiger partial charge is 0.265 e. The Morgan fingerprint density at radius 3 is 2.44 bits per heavy atom. The number of benzene rings is 2. The largest absolute Gasteiger partial charge is 0.322 e. The van der Waals surface area contributed by atoms with Gasteiger partial charge in [0.15, 0.2) is 0 Å². The lowest BCUT2D eigenvalue weighted by Gasteiger charge is -2.13. The molecule has 10 nitrogen and oxygen atoms in total. The quantitative estimate of drug-likeness (QED) is 0.319. The summed E-state index contributed by atoms with van der Waals surface area (Å²) >= 11 is 0. The van der Waals surface area contributed by atoms with Crippen LogP contribution < -0.4 is 15.6 Å². The van der Waals surface area contributed by atoms with E-state index in [1.807, 2.05) is 0 Å². The van der Waals surface area contributed by atoms with E-state index in [9.17, 15) is 22.4 Å². The number of sulfonamides is 1. The van der Waals surface area contributed by atoms with E-state index in [1.165, 1.54) is 59.4 Å². The summed E-state index contributed by atoms with van der Waals surface area (Å²) in [7, 11) is -3.97. The third kappa shape index (κ3) is 5.65. The second-order valence-electron chi connectivity index (χ2n) is 8.60. The summed E-state index contributed by atoms with van der Waals surface area (Å²) in [6.45, 7) is 1.79. The van der Waals surface area contributed by atoms with Crippen molar-refractivity contribution in [3.8, 4) is 0 Å². The van der Waals surface area contributed by atoms with E-state index in [0.717, 1.165) is 0 Å².